The second kappa shape index (κ2) is 5.52. The fraction of sp³-hybridized carbons (Fsp3) is 0.500. The number of rotatable bonds is 4. The molecule has 0 amide bonds. The second-order valence-corrected chi connectivity index (χ2v) is 4.88. The van der Waals surface area contributed by atoms with Crippen molar-refractivity contribution in [3.63, 3.8) is 0 Å². The van der Waals surface area contributed by atoms with Gasteiger partial charge < -0.3 is 4.74 Å². The van der Waals surface area contributed by atoms with E-state index >= 15 is 0 Å². The van der Waals surface area contributed by atoms with Crippen LogP contribution in [0.3, 0.4) is 0 Å². The number of hydrogen-bond donors (Lipinski definition) is 0. The number of nitrogens with zero attached hydrogens (tertiary/aromatic N) is 1. The molecule has 0 radical (unpaired) electrons. The van der Waals surface area contributed by atoms with Gasteiger partial charge in [-0.2, -0.15) is 0 Å². The molecule has 1 rings (SSSR count). The lowest BCUT2D eigenvalue weighted by Gasteiger charge is -2.22. The maximum absolute atomic E-state index is 5.33. The molecular weight excluding hydrogens is 254 g/mol. The van der Waals surface area contributed by atoms with Gasteiger partial charge in [0.05, 0.1) is 7.11 Å². The van der Waals surface area contributed by atoms with E-state index in [2.05, 4.69) is 47.8 Å². The number of benzene rings is 1. The van der Waals surface area contributed by atoms with Gasteiger partial charge in [0.2, 0.25) is 0 Å². The molecule has 0 saturated heterocycles. The zero-order valence-corrected chi connectivity index (χ0v) is 11.3. The van der Waals surface area contributed by atoms with Gasteiger partial charge in [-0.15, -0.1) is 0 Å². The van der Waals surface area contributed by atoms with Crippen LogP contribution < -0.4 is 4.74 Å². The highest BCUT2D eigenvalue weighted by atomic mass is 79.9. The van der Waals surface area contributed by atoms with Crippen molar-refractivity contribution in [1.29, 1.82) is 0 Å². The van der Waals surface area contributed by atoms with E-state index in [1.54, 1.807) is 7.11 Å². The summed E-state index contributed by atoms with van der Waals surface area (Å²) < 4.78 is 6.43. The van der Waals surface area contributed by atoms with E-state index in [4.69, 9.17) is 4.74 Å². The normalized spacial score (nSPS) is 11.1. The Morgan fingerprint density at radius 2 is 2.07 bits per heavy atom. The first-order chi connectivity index (χ1) is 7.04. The molecule has 0 aliphatic heterocycles. The van der Waals surface area contributed by atoms with Crippen molar-refractivity contribution in [2.75, 3.05) is 14.2 Å². The first-order valence-electron chi connectivity index (χ1n) is 5.07. The fourth-order valence-corrected chi connectivity index (χ4v) is 1.73. The summed E-state index contributed by atoms with van der Waals surface area (Å²) >= 11 is 3.48. The molecule has 0 aliphatic carbocycles. The molecule has 0 unspecified atom stereocenters. The van der Waals surface area contributed by atoms with Crippen molar-refractivity contribution in [3.05, 3.63) is 28.2 Å². The van der Waals surface area contributed by atoms with Crippen LogP contribution in [0.2, 0.25) is 0 Å². The second-order valence-electron chi connectivity index (χ2n) is 3.97. The van der Waals surface area contributed by atoms with E-state index in [1.807, 2.05) is 12.1 Å². The molecule has 0 aliphatic rings. The third kappa shape index (κ3) is 3.50. The van der Waals surface area contributed by atoms with Crippen LogP contribution in [0.25, 0.3) is 0 Å². The van der Waals surface area contributed by atoms with Crippen molar-refractivity contribution in [3.8, 4) is 5.75 Å². The summed E-state index contributed by atoms with van der Waals surface area (Å²) in [5.74, 6) is 0.950. The lowest BCUT2D eigenvalue weighted by Crippen LogP contribution is -2.25. The van der Waals surface area contributed by atoms with Crippen molar-refractivity contribution >= 4 is 15.9 Å². The maximum Gasteiger partial charge on any atom is 0.123 e. The molecule has 0 atom stereocenters. The van der Waals surface area contributed by atoms with E-state index in [0.717, 1.165) is 16.8 Å². The number of halogens is 1. The van der Waals surface area contributed by atoms with Gasteiger partial charge in [0.25, 0.3) is 0 Å². The third-order valence-corrected chi connectivity index (χ3v) is 3.04. The van der Waals surface area contributed by atoms with Gasteiger partial charge in [-0.3, -0.25) is 4.90 Å². The lowest BCUT2D eigenvalue weighted by molar-refractivity contribution is 0.261. The minimum absolute atomic E-state index is 0.536. The lowest BCUT2D eigenvalue weighted by atomic mass is 10.2. The van der Waals surface area contributed by atoms with E-state index in [0.29, 0.717) is 6.04 Å². The Morgan fingerprint density at radius 1 is 1.40 bits per heavy atom. The maximum atomic E-state index is 5.33. The molecule has 0 fully saturated rings. The largest absolute Gasteiger partial charge is 0.496 e. The average Bonchev–Trinajstić information content (AvgIpc) is 2.18. The predicted octanol–water partition coefficient (Wildman–Crippen LogP) is 3.30. The van der Waals surface area contributed by atoms with Gasteiger partial charge in [-0.05, 0) is 39.1 Å². The van der Waals surface area contributed by atoms with Gasteiger partial charge in [0.15, 0.2) is 0 Å². The molecule has 3 heteroatoms. The number of hydrogen-bond acceptors (Lipinski definition) is 2. The highest BCUT2D eigenvalue weighted by molar-refractivity contribution is 9.10. The van der Waals surface area contributed by atoms with Gasteiger partial charge in [-0.25, -0.2) is 0 Å². The summed E-state index contributed by atoms with van der Waals surface area (Å²) in [5.41, 5.74) is 1.21. The highest BCUT2D eigenvalue weighted by Crippen LogP contribution is 2.24. The van der Waals surface area contributed by atoms with Crippen molar-refractivity contribution in [1.82, 2.24) is 4.90 Å². The Morgan fingerprint density at radius 3 is 2.60 bits per heavy atom. The van der Waals surface area contributed by atoms with Crippen LogP contribution in [0, 0.1) is 0 Å². The van der Waals surface area contributed by atoms with Crippen LogP contribution in [-0.4, -0.2) is 25.1 Å². The van der Waals surface area contributed by atoms with Crippen molar-refractivity contribution in [2.45, 2.75) is 26.4 Å². The summed E-state index contributed by atoms with van der Waals surface area (Å²) in [6.45, 7) is 5.27. The first-order valence-corrected chi connectivity index (χ1v) is 5.86. The molecule has 2 nitrogen and oxygen atoms in total. The molecule has 0 aromatic heterocycles. The van der Waals surface area contributed by atoms with Gasteiger partial charge in [-0.1, -0.05) is 15.9 Å². The third-order valence-electron chi connectivity index (χ3n) is 2.54. The summed E-state index contributed by atoms with van der Waals surface area (Å²) in [5, 5.41) is 0. The average molecular weight is 272 g/mol. The van der Waals surface area contributed by atoms with Crippen molar-refractivity contribution in [2.24, 2.45) is 0 Å². The molecule has 0 spiro atoms. The molecule has 0 saturated carbocycles. The first kappa shape index (κ1) is 12.5. The topological polar surface area (TPSA) is 12.5 Å². The molecule has 84 valence electrons. The zero-order valence-electron chi connectivity index (χ0n) is 9.75. The zero-order chi connectivity index (χ0) is 11.4. The highest BCUT2D eigenvalue weighted by Gasteiger charge is 2.09. The van der Waals surface area contributed by atoms with E-state index in [1.165, 1.54) is 5.56 Å². The molecule has 1 aromatic rings. The summed E-state index contributed by atoms with van der Waals surface area (Å²) in [6, 6.07) is 6.64. The quantitative estimate of drug-likeness (QED) is 0.833. The fourth-order valence-electron chi connectivity index (χ4n) is 1.32. The Hall–Kier alpha value is -0.540. The van der Waals surface area contributed by atoms with E-state index in [-0.39, 0.29) is 0 Å². The molecule has 0 N–H and O–H groups in total. The Balaban J connectivity index is 2.87. The van der Waals surface area contributed by atoms with Gasteiger partial charge >= 0.3 is 0 Å². The van der Waals surface area contributed by atoms with Gasteiger partial charge in [0.1, 0.15) is 5.75 Å². The van der Waals surface area contributed by atoms with Crippen LogP contribution >= 0.6 is 15.9 Å². The molecule has 1 aromatic carbocycles. The smallest absolute Gasteiger partial charge is 0.123 e. The van der Waals surface area contributed by atoms with Crippen LogP contribution in [0.15, 0.2) is 22.7 Å². The van der Waals surface area contributed by atoms with Crippen LogP contribution in [0.1, 0.15) is 19.4 Å². The Bertz CT molecular complexity index is 325. The molecule has 0 bridgehead atoms. The SMILES string of the molecule is COc1ccc(Br)cc1CN(C)C(C)C. The van der Waals surface area contributed by atoms with Crippen molar-refractivity contribution < 1.29 is 4.74 Å². The van der Waals surface area contributed by atoms with Crippen LogP contribution in [0.4, 0.5) is 0 Å². The molecule has 0 heterocycles. The Labute approximate surface area is 100 Å². The number of ether oxygens (including phenoxy) is 1. The summed E-state index contributed by atoms with van der Waals surface area (Å²) in [4.78, 5) is 2.28. The minimum atomic E-state index is 0.536. The molecule has 15 heavy (non-hydrogen) atoms. The Kier molecular flexibility index (Phi) is 4.61. The van der Waals surface area contributed by atoms with Gasteiger partial charge in [0, 0.05) is 22.6 Å². The predicted molar refractivity (Wildman–Crippen MR) is 67.3 cm³/mol. The van der Waals surface area contributed by atoms with E-state index in [9.17, 15) is 0 Å². The minimum Gasteiger partial charge on any atom is -0.496 e. The summed E-state index contributed by atoms with van der Waals surface area (Å²) in [6.07, 6.45) is 0. The monoisotopic (exact) mass is 271 g/mol. The number of methoxy groups -OCH3 is 1. The van der Waals surface area contributed by atoms with Crippen LogP contribution in [0.5, 0.6) is 5.75 Å². The van der Waals surface area contributed by atoms with Crippen LogP contribution in [-0.2, 0) is 6.54 Å². The molecular formula is C12H18BrNO. The summed E-state index contributed by atoms with van der Waals surface area (Å²) in [7, 11) is 3.83. The standard InChI is InChI=1S/C12H18BrNO/c1-9(2)14(3)8-10-7-11(13)5-6-12(10)15-4/h5-7,9H,8H2,1-4H3. The van der Waals surface area contributed by atoms with E-state index < -0.39 is 0 Å².